The van der Waals surface area contributed by atoms with Gasteiger partial charge in [-0.15, -0.1) is 0 Å². The lowest BCUT2D eigenvalue weighted by Crippen LogP contribution is -2.40. The average Bonchev–Trinajstić information content (AvgIpc) is 3.34. The number of amides is 1. The van der Waals surface area contributed by atoms with Crippen LogP contribution in [0, 0.1) is 0 Å². The maximum atomic E-state index is 14.0. The second-order valence-corrected chi connectivity index (χ2v) is 11.8. The maximum Gasteiger partial charge on any atom is 0.271 e. The van der Waals surface area contributed by atoms with Crippen LogP contribution in [0.1, 0.15) is 36.6 Å². The molecule has 0 radical (unpaired) electrons. The second-order valence-electron chi connectivity index (χ2n) is 10.4. The van der Waals surface area contributed by atoms with E-state index < -0.39 is 6.04 Å². The Morgan fingerprint density at radius 2 is 1.67 bits per heavy atom. The Hall–Kier alpha value is -4.92. The van der Waals surface area contributed by atoms with E-state index in [2.05, 4.69) is 5.32 Å². The van der Waals surface area contributed by atoms with Crippen molar-refractivity contribution in [3.05, 3.63) is 156 Å². The molecule has 0 bridgehead atoms. The smallest absolute Gasteiger partial charge is 0.271 e. The molecule has 0 fully saturated rings. The van der Waals surface area contributed by atoms with Crippen LogP contribution in [0.2, 0.25) is 5.02 Å². The molecule has 2 heterocycles. The number of para-hydroxylation sites is 1. The zero-order chi connectivity index (χ0) is 31.3. The number of rotatable bonds is 9. The molecule has 7 nitrogen and oxygen atoms in total. The summed E-state index contributed by atoms with van der Waals surface area (Å²) in [5.41, 5.74) is 3.98. The van der Waals surface area contributed by atoms with E-state index in [0.29, 0.717) is 56.0 Å². The summed E-state index contributed by atoms with van der Waals surface area (Å²) in [6.45, 7) is 4.66. The molecule has 0 saturated heterocycles. The normalized spacial score (nSPS) is 14.5. The van der Waals surface area contributed by atoms with E-state index in [1.54, 1.807) is 11.5 Å². The van der Waals surface area contributed by atoms with Crippen molar-refractivity contribution in [1.82, 2.24) is 4.57 Å². The van der Waals surface area contributed by atoms with Crippen molar-refractivity contribution >= 4 is 40.6 Å². The fourth-order valence-corrected chi connectivity index (χ4v) is 6.42. The Labute approximate surface area is 269 Å². The number of fused-ring (bicyclic) bond motifs is 1. The van der Waals surface area contributed by atoms with E-state index >= 15 is 0 Å². The molecule has 9 heteroatoms. The minimum Gasteiger partial charge on any atom is -0.494 e. The van der Waals surface area contributed by atoms with Crippen LogP contribution in [0.4, 0.5) is 5.69 Å². The first kappa shape index (κ1) is 30.1. The molecule has 1 atom stereocenters. The molecule has 45 heavy (non-hydrogen) atoms. The van der Waals surface area contributed by atoms with Gasteiger partial charge in [0.05, 0.1) is 28.5 Å². The number of thiazole rings is 1. The molecule has 1 aliphatic heterocycles. The predicted molar refractivity (Wildman–Crippen MR) is 179 cm³/mol. The summed E-state index contributed by atoms with van der Waals surface area (Å²) in [6, 6.07) is 31.1. The van der Waals surface area contributed by atoms with Crippen molar-refractivity contribution in [2.45, 2.75) is 26.5 Å². The average molecular weight is 636 g/mol. The van der Waals surface area contributed by atoms with Gasteiger partial charge < -0.3 is 14.8 Å². The molecule has 6 rings (SSSR count). The van der Waals surface area contributed by atoms with E-state index in [1.807, 2.05) is 116 Å². The van der Waals surface area contributed by atoms with Crippen molar-refractivity contribution in [2.75, 3.05) is 11.9 Å². The Balaban J connectivity index is 1.34. The third-order valence-corrected chi connectivity index (χ3v) is 8.50. The fraction of sp³-hybridized carbons (Fsp3) is 0.139. The van der Waals surface area contributed by atoms with Crippen molar-refractivity contribution in [3.63, 3.8) is 0 Å². The van der Waals surface area contributed by atoms with Gasteiger partial charge in [-0.25, -0.2) is 4.99 Å². The lowest BCUT2D eigenvalue weighted by Gasteiger charge is -2.25. The quantitative estimate of drug-likeness (QED) is 0.200. The van der Waals surface area contributed by atoms with Gasteiger partial charge in [-0.3, -0.25) is 14.2 Å². The van der Waals surface area contributed by atoms with Crippen molar-refractivity contribution in [1.29, 1.82) is 0 Å². The number of anilines is 1. The van der Waals surface area contributed by atoms with Gasteiger partial charge in [0.25, 0.3) is 11.5 Å². The molecule has 5 aromatic rings. The van der Waals surface area contributed by atoms with Crippen LogP contribution in [0.5, 0.6) is 11.5 Å². The number of nitrogens with zero attached hydrogens (tertiary/aromatic N) is 2. The number of hydrogen-bond donors (Lipinski definition) is 1. The van der Waals surface area contributed by atoms with Gasteiger partial charge in [-0.1, -0.05) is 77.5 Å². The van der Waals surface area contributed by atoms with Gasteiger partial charge in [-0.05, 0) is 85.1 Å². The number of allylic oxidation sites excluding steroid dienone is 1. The summed E-state index contributed by atoms with van der Waals surface area (Å²) >= 11 is 7.38. The van der Waals surface area contributed by atoms with Crippen LogP contribution in [0.25, 0.3) is 6.08 Å². The summed E-state index contributed by atoms with van der Waals surface area (Å²) in [6.07, 6.45) is 1.84. The summed E-state index contributed by atoms with van der Waals surface area (Å²) < 4.78 is 13.7. The van der Waals surface area contributed by atoms with E-state index in [9.17, 15) is 9.59 Å². The van der Waals surface area contributed by atoms with E-state index in [1.165, 1.54) is 11.3 Å². The minimum atomic E-state index is -0.676. The zero-order valence-corrected chi connectivity index (χ0v) is 26.3. The first-order valence-electron chi connectivity index (χ1n) is 14.5. The molecule has 1 N–H and O–H groups in total. The van der Waals surface area contributed by atoms with Gasteiger partial charge in [0.15, 0.2) is 4.80 Å². The highest BCUT2D eigenvalue weighted by molar-refractivity contribution is 7.07. The molecule has 1 aromatic heterocycles. The molecule has 1 amide bonds. The highest BCUT2D eigenvalue weighted by atomic mass is 35.5. The van der Waals surface area contributed by atoms with E-state index in [0.717, 1.165) is 16.7 Å². The minimum absolute atomic E-state index is 0.226. The Kier molecular flexibility index (Phi) is 8.96. The number of benzene rings is 4. The predicted octanol–water partition coefficient (Wildman–Crippen LogP) is 6.51. The Morgan fingerprint density at radius 1 is 0.956 bits per heavy atom. The SMILES string of the molecule is CCOc1ccc([C@H]2C(C(=O)Nc3ccccc3)=C(C)N=c3s/c(=C\c4ccc(OCc5cccc(Cl)c5)cc4)c(=O)n32)cc1. The number of hydrogen-bond acceptors (Lipinski definition) is 6. The fourth-order valence-electron chi connectivity index (χ4n) is 5.17. The van der Waals surface area contributed by atoms with Crippen LogP contribution in [-0.2, 0) is 11.4 Å². The van der Waals surface area contributed by atoms with Crippen LogP contribution in [0.3, 0.4) is 0 Å². The number of halogens is 1. The largest absolute Gasteiger partial charge is 0.494 e. The van der Waals surface area contributed by atoms with Gasteiger partial charge in [0.2, 0.25) is 0 Å². The summed E-state index contributed by atoms with van der Waals surface area (Å²) in [5.74, 6) is 1.10. The summed E-state index contributed by atoms with van der Waals surface area (Å²) in [7, 11) is 0. The molecule has 0 saturated carbocycles. The molecular weight excluding hydrogens is 606 g/mol. The Morgan fingerprint density at radius 3 is 2.38 bits per heavy atom. The standard InChI is InChI=1S/C36H30ClN3O4S/c1-3-43-29-18-14-26(15-19-29)33-32(34(41)39-28-10-5-4-6-11-28)23(2)38-36-40(33)35(42)31(45-36)21-24-12-16-30(17-13-24)44-22-25-8-7-9-27(37)20-25/h4-21,33H,3,22H2,1-2H3,(H,39,41)/b31-21-/t33-/m0/s1. The van der Waals surface area contributed by atoms with Crippen molar-refractivity contribution in [3.8, 4) is 11.5 Å². The third-order valence-electron chi connectivity index (χ3n) is 7.28. The molecule has 4 aromatic carbocycles. The highest BCUT2D eigenvalue weighted by Gasteiger charge is 2.32. The first-order valence-corrected chi connectivity index (χ1v) is 15.7. The number of nitrogens with one attached hydrogen (secondary N) is 1. The molecule has 0 aliphatic carbocycles. The second kappa shape index (κ2) is 13.4. The Bertz CT molecular complexity index is 2050. The first-order chi connectivity index (χ1) is 21.9. The third kappa shape index (κ3) is 6.77. The molecule has 1 aliphatic rings. The van der Waals surface area contributed by atoms with Crippen LogP contribution in [0.15, 0.2) is 124 Å². The number of carbonyl (C=O) groups is 1. The number of ether oxygens (including phenoxy) is 2. The molecule has 226 valence electrons. The topological polar surface area (TPSA) is 81.9 Å². The van der Waals surface area contributed by atoms with Crippen molar-refractivity contribution in [2.24, 2.45) is 4.99 Å². The molecule has 0 spiro atoms. The summed E-state index contributed by atoms with van der Waals surface area (Å²) in [5, 5.41) is 3.64. The zero-order valence-electron chi connectivity index (χ0n) is 24.7. The maximum absolute atomic E-state index is 14.0. The lowest BCUT2D eigenvalue weighted by molar-refractivity contribution is -0.113. The van der Waals surface area contributed by atoms with Gasteiger partial charge in [0, 0.05) is 10.7 Å². The highest BCUT2D eigenvalue weighted by Crippen LogP contribution is 2.32. The lowest BCUT2D eigenvalue weighted by atomic mass is 9.95. The van der Waals surface area contributed by atoms with E-state index in [-0.39, 0.29) is 11.5 Å². The van der Waals surface area contributed by atoms with Crippen LogP contribution < -0.4 is 29.7 Å². The molecule has 0 unspecified atom stereocenters. The summed E-state index contributed by atoms with van der Waals surface area (Å²) in [4.78, 5) is 33.0. The van der Waals surface area contributed by atoms with Crippen LogP contribution in [-0.4, -0.2) is 17.1 Å². The van der Waals surface area contributed by atoms with Gasteiger partial charge in [-0.2, -0.15) is 0 Å². The van der Waals surface area contributed by atoms with Crippen LogP contribution >= 0.6 is 22.9 Å². The monoisotopic (exact) mass is 635 g/mol. The van der Waals surface area contributed by atoms with Gasteiger partial charge in [0.1, 0.15) is 18.1 Å². The van der Waals surface area contributed by atoms with Crippen molar-refractivity contribution < 1.29 is 14.3 Å². The van der Waals surface area contributed by atoms with E-state index in [4.69, 9.17) is 26.1 Å². The number of aromatic nitrogens is 1. The van der Waals surface area contributed by atoms with Gasteiger partial charge >= 0.3 is 0 Å². The molecular formula is C36H30ClN3O4S. The number of carbonyl (C=O) groups excluding carboxylic acids is 1.